The minimum atomic E-state index is -0.285. The van der Waals surface area contributed by atoms with E-state index in [0.717, 1.165) is 22.5 Å². The predicted molar refractivity (Wildman–Crippen MR) is 76.9 cm³/mol. The van der Waals surface area contributed by atoms with Crippen molar-refractivity contribution in [1.29, 1.82) is 0 Å². The van der Waals surface area contributed by atoms with Crippen molar-refractivity contribution >= 4 is 11.8 Å². The summed E-state index contributed by atoms with van der Waals surface area (Å²) >= 11 is 0. The van der Waals surface area contributed by atoms with Gasteiger partial charge in [-0.3, -0.25) is 24.5 Å². The van der Waals surface area contributed by atoms with Crippen molar-refractivity contribution in [2.24, 2.45) is 0 Å². The zero-order valence-electron chi connectivity index (χ0n) is 11.5. The lowest BCUT2D eigenvalue weighted by Gasteiger charge is -2.14. The smallest absolute Gasteiger partial charge is 0.253 e. The molecule has 0 spiro atoms. The summed E-state index contributed by atoms with van der Waals surface area (Å²) in [7, 11) is 0. The first-order valence-corrected chi connectivity index (χ1v) is 6.55. The van der Waals surface area contributed by atoms with Crippen LogP contribution in [-0.4, -0.2) is 26.7 Å². The second-order valence-corrected chi connectivity index (χ2v) is 4.86. The molecule has 5 nitrogen and oxygen atoms in total. The van der Waals surface area contributed by atoms with Gasteiger partial charge in [-0.1, -0.05) is 0 Å². The van der Waals surface area contributed by atoms with E-state index in [1.807, 2.05) is 25.1 Å². The van der Waals surface area contributed by atoms with E-state index in [9.17, 15) is 9.59 Å². The van der Waals surface area contributed by atoms with Crippen LogP contribution in [-0.2, 0) is 16.1 Å². The minimum Gasteiger partial charge on any atom is -0.271 e. The Bertz CT molecular complexity index is 735. The van der Waals surface area contributed by atoms with Gasteiger partial charge < -0.3 is 0 Å². The molecule has 0 saturated heterocycles. The van der Waals surface area contributed by atoms with Crippen LogP contribution in [0, 0.1) is 6.92 Å². The molecule has 0 atom stereocenters. The highest BCUT2D eigenvalue weighted by Gasteiger charge is 2.23. The first-order valence-electron chi connectivity index (χ1n) is 6.55. The van der Waals surface area contributed by atoms with Gasteiger partial charge in [-0.2, -0.15) is 0 Å². The lowest BCUT2D eigenvalue weighted by Crippen LogP contribution is -2.29. The maximum absolute atomic E-state index is 11.6. The lowest BCUT2D eigenvalue weighted by atomic mass is 10.1. The van der Waals surface area contributed by atoms with E-state index in [1.54, 1.807) is 18.5 Å². The molecule has 104 valence electrons. The van der Waals surface area contributed by atoms with Gasteiger partial charge in [-0.25, -0.2) is 0 Å². The number of amides is 2. The highest BCUT2D eigenvalue weighted by molar-refractivity contribution is 6.12. The molecule has 0 fully saturated rings. The molecule has 1 aliphatic rings. The predicted octanol–water partition coefficient (Wildman–Crippen LogP) is 1.88. The molecule has 0 unspecified atom stereocenters. The third kappa shape index (κ3) is 2.72. The van der Waals surface area contributed by atoms with Crippen LogP contribution in [0.4, 0.5) is 0 Å². The van der Waals surface area contributed by atoms with Gasteiger partial charge in [0.1, 0.15) is 0 Å². The highest BCUT2D eigenvalue weighted by atomic mass is 16.2. The number of hydrogen-bond acceptors (Lipinski definition) is 4. The second kappa shape index (κ2) is 5.28. The molecule has 21 heavy (non-hydrogen) atoms. The Morgan fingerprint density at radius 3 is 2.24 bits per heavy atom. The molecule has 2 aromatic rings. The zero-order chi connectivity index (χ0) is 14.8. The van der Waals surface area contributed by atoms with E-state index in [0.29, 0.717) is 0 Å². The van der Waals surface area contributed by atoms with Crippen LogP contribution in [0.15, 0.2) is 48.8 Å². The van der Waals surface area contributed by atoms with Gasteiger partial charge in [0.05, 0.1) is 17.9 Å². The van der Waals surface area contributed by atoms with Crippen molar-refractivity contribution in [2.45, 2.75) is 13.5 Å². The zero-order valence-corrected chi connectivity index (χ0v) is 11.5. The van der Waals surface area contributed by atoms with Crippen LogP contribution in [0.3, 0.4) is 0 Å². The minimum absolute atomic E-state index is 0.242. The summed E-state index contributed by atoms with van der Waals surface area (Å²) in [4.78, 5) is 32.9. The van der Waals surface area contributed by atoms with Gasteiger partial charge in [-0.05, 0) is 42.3 Å². The number of carbonyl (C=O) groups excluding carboxylic acids is 2. The molecule has 3 rings (SSSR count). The molecule has 2 aromatic heterocycles. The van der Waals surface area contributed by atoms with E-state index in [4.69, 9.17) is 0 Å². The van der Waals surface area contributed by atoms with Gasteiger partial charge in [-0.15, -0.1) is 0 Å². The molecule has 3 heterocycles. The number of aryl methyl sites for hydroxylation is 1. The number of nitrogens with zero attached hydrogens (tertiary/aromatic N) is 3. The Morgan fingerprint density at radius 1 is 0.952 bits per heavy atom. The van der Waals surface area contributed by atoms with E-state index in [-0.39, 0.29) is 18.4 Å². The normalized spacial score (nSPS) is 14.0. The van der Waals surface area contributed by atoms with Gasteiger partial charge >= 0.3 is 0 Å². The topological polar surface area (TPSA) is 63.2 Å². The average molecular weight is 279 g/mol. The molecule has 0 N–H and O–H groups in total. The average Bonchev–Trinajstić information content (AvgIpc) is 2.80. The van der Waals surface area contributed by atoms with Gasteiger partial charge in [0, 0.05) is 24.5 Å². The van der Waals surface area contributed by atoms with Crippen molar-refractivity contribution < 1.29 is 9.59 Å². The van der Waals surface area contributed by atoms with Crippen LogP contribution in [0.5, 0.6) is 0 Å². The summed E-state index contributed by atoms with van der Waals surface area (Å²) in [5, 5.41) is 0. The second-order valence-electron chi connectivity index (χ2n) is 4.86. The van der Waals surface area contributed by atoms with Gasteiger partial charge in [0.2, 0.25) is 0 Å². The fourth-order valence-electron chi connectivity index (χ4n) is 2.16. The monoisotopic (exact) mass is 279 g/mol. The number of imide groups is 1. The third-order valence-corrected chi connectivity index (χ3v) is 3.24. The Balaban J connectivity index is 1.87. The standard InChI is InChI=1S/C16H13N3O2/c1-11-4-6-17-13(8-11)14-9-12(5-7-18-14)10-19-15(20)2-3-16(19)21/h2-9H,10H2,1H3. The van der Waals surface area contributed by atoms with E-state index < -0.39 is 0 Å². The van der Waals surface area contributed by atoms with Crippen molar-refractivity contribution in [3.8, 4) is 11.4 Å². The van der Waals surface area contributed by atoms with Crippen LogP contribution in [0.25, 0.3) is 11.4 Å². The number of carbonyl (C=O) groups is 2. The molecule has 5 heteroatoms. The summed E-state index contributed by atoms with van der Waals surface area (Å²) in [6, 6.07) is 7.50. The van der Waals surface area contributed by atoms with Crippen molar-refractivity contribution in [3.63, 3.8) is 0 Å². The van der Waals surface area contributed by atoms with Gasteiger partial charge in [0.25, 0.3) is 11.8 Å². The molecule has 0 radical (unpaired) electrons. The number of rotatable bonds is 3. The Labute approximate surface area is 122 Å². The van der Waals surface area contributed by atoms with Crippen molar-refractivity contribution in [2.75, 3.05) is 0 Å². The van der Waals surface area contributed by atoms with Crippen LogP contribution in [0.1, 0.15) is 11.1 Å². The molecule has 1 aliphatic heterocycles. The fraction of sp³-hybridized carbons (Fsp3) is 0.125. The summed E-state index contributed by atoms with van der Waals surface area (Å²) < 4.78 is 0. The fourth-order valence-corrected chi connectivity index (χ4v) is 2.16. The molecular weight excluding hydrogens is 266 g/mol. The SMILES string of the molecule is Cc1ccnc(-c2cc(CN3C(=O)C=CC3=O)ccn2)c1. The molecule has 0 aliphatic carbocycles. The molecule has 0 aromatic carbocycles. The summed E-state index contributed by atoms with van der Waals surface area (Å²) in [6.07, 6.45) is 5.96. The lowest BCUT2D eigenvalue weighted by molar-refractivity contribution is -0.137. The van der Waals surface area contributed by atoms with Crippen molar-refractivity contribution in [1.82, 2.24) is 14.9 Å². The maximum atomic E-state index is 11.6. The Morgan fingerprint density at radius 2 is 1.57 bits per heavy atom. The van der Waals surface area contributed by atoms with E-state index in [2.05, 4.69) is 9.97 Å². The number of pyridine rings is 2. The highest BCUT2D eigenvalue weighted by Crippen LogP contribution is 2.18. The molecular formula is C16H13N3O2. The quantitative estimate of drug-likeness (QED) is 0.805. The number of aromatic nitrogens is 2. The summed E-state index contributed by atoms with van der Waals surface area (Å²) in [5.74, 6) is -0.570. The first-order chi connectivity index (χ1) is 10.1. The Kier molecular flexibility index (Phi) is 3.31. The molecule has 2 amide bonds. The third-order valence-electron chi connectivity index (χ3n) is 3.24. The van der Waals surface area contributed by atoms with Crippen LogP contribution >= 0.6 is 0 Å². The van der Waals surface area contributed by atoms with Gasteiger partial charge in [0.15, 0.2) is 0 Å². The van der Waals surface area contributed by atoms with Crippen molar-refractivity contribution in [3.05, 3.63) is 59.9 Å². The molecule has 0 bridgehead atoms. The van der Waals surface area contributed by atoms with Crippen LogP contribution < -0.4 is 0 Å². The maximum Gasteiger partial charge on any atom is 0.253 e. The summed E-state index contributed by atoms with van der Waals surface area (Å²) in [5.41, 5.74) is 3.44. The molecule has 0 saturated carbocycles. The number of hydrogen-bond donors (Lipinski definition) is 0. The Hall–Kier alpha value is -2.82. The van der Waals surface area contributed by atoms with E-state index >= 15 is 0 Å². The largest absolute Gasteiger partial charge is 0.271 e. The summed E-state index contributed by atoms with van der Waals surface area (Å²) in [6.45, 7) is 2.23. The van der Waals surface area contributed by atoms with E-state index in [1.165, 1.54) is 17.1 Å². The van der Waals surface area contributed by atoms with Crippen LogP contribution in [0.2, 0.25) is 0 Å². The first kappa shape index (κ1) is 13.2.